The average Bonchev–Trinajstić information content (AvgIpc) is 3.29. The first kappa shape index (κ1) is 22.3. The summed E-state index contributed by atoms with van der Waals surface area (Å²) in [5, 5.41) is 10.4. The van der Waals surface area contributed by atoms with E-state index in [9.17, 15) is 4.79 Å². The van der Waals surface area contributed by atoms with Crippen LogP contribution in [0.1, 0.15) is 50.1 Å². The quantitative estimate of drug-likeness (QED) is 0.332. The van der Waals surface area contributed by atoms with Gasteiger partial charge in [-0.25, -0.2) is 9.97 Å². The lowest BCUT2D eigenvalue weighted by atomic mass is 10.1. The van der Waals surface area contributed by atoms with Crippen molar-refractivity contribution in [1.29, 1.82) is 0 Å². The van der Waals surface area contributed by atoms with Crippen molar-refractivity contribution < 1.29 is 4.79 Å². The molecule has 0 aliphatic carbocycles. The molecule has 27 heavy (non-hydrogen) atoms. The van der Waals surface area contributed by atoms with E-state index in [-0.39, 0.29) is 11.7 Å². The number of hydrogen-bond acceptors (Lipinski definition) is 7. The minimum absolute atomic E-state index is 0.0117. The van der Waals surface area contributed by atoms with Gasteiger partial charge in [-0.15, -0.1) is 22.7 Å². The van der Waals surface area contributed by atoms with Gasteiger partial charge in [0.1, 0.15) is 0 Å². The molecule has 8 heteroatoms. The molecule has 5 nitrogen and oxygen atoms in total. The number of amides is 1. The van der Waals surface area contributed by atoms with E-state index in [2.05, 4.69) is 42.1 Å². The first-order valence-electron chi connectivity index (χ1n) is 9.57. The van der Waals surface area contributed by atoms with Gasteiger partial charge in [0.2, 0.25) is 5.91 Å². The van der Waals surface area contributed by atoms with Crippen LogP contribution in [0.2, 0.25) is 0 Å². The normalized spacial score (nSPS) is 11.3. The molecule has 0 aromatic carbocycles. The first-order valence-corrected chi connectivity index (χ1v) is 11.9. The zero-order valence-corrected chi connectivity index (χ0v) is 18.7. The summed E-state index contributed by atoms with van der Waals surface area (Å²) in [7, 11) is 0. The minimum Gasteiger partial charge on any atom is -0.355 e. The summed E-state index contributed by atoms with van der Waals surface area (Å²) in [4.78, 5) is 21.7. The molecule has 1 amide bonds. The highest BCUT2D eigenvalue weighted by molar-refractivity contribution is 7.81. The Morgan fingerprint density at radius 3 is 2.63 bits per heavy atom. The molecule has 0 aliphatic heterocycles. The number of hydrogen-bond donors (Lipinski definition) is 3. The molecular weight excluding hydrogens is 396 g/mol. The molecular formula is C19H30N4OS3. The number of carbonyl (C=O) groups is 1. The van der Waals surface area contributed by atoms with Crippen LogP contribution in [-0.2, 0) is 17.8 Å². The van der Waals surface area contributed by atoms with Crippen LogP contribution >= 0.6 is 35.3 Å². The van der Waals surface area contributed by atoms with Gasteiger partial charge in [-0.3, -0.25) is 4.79 Å². The van der Waals surface area contributed by atoms with Gasteiger partial charge in [0.25, 0.3) is 0 Å². The van der Waals surface area contributed by atoms with Crippen molar-refractivity contribution in [3.05, 3.63) is 22.1 Å². The number of rotatable bonds is 13. The fraction of sp³-hybridized carbons (Fsp3) is 0.632. The van der Waals surface area contributed by atoms with Crippen LogP contribution in [-0.4, -0.2) is 34.7 Å². The summed E-state index contributed by atoms with van der Waals surface area (Å²) in [6, 6.07) is 0. The molecule has 2 rings (SSSR count). The molecule has 150 valence electrons. The number of unbranched alkanes of at least 4 members (excludes halogenated alkanes) is 3. The molecule has 0 radical (unpaired) electrons. The molecule has 0 saturated heterocycles. The number of aromatic nitrogens is 2. The van der Waals surface area contributed by atoms with Crippen LogP contribution < -0.4 is 10.6 Å². The highest BCUT2D eigenvalue weighted by Crippen LogP contribution is 2.31. The zero-order chi connectivity index (χ0) is 19.5. The van der Waals surface area contributed by atoms with E-state index in [1.165, 1.54) is 17.0 Å². The molecule has 2 aromatic heterocycles. The highest BCUT2D eigenvalue weighted by atomic mass is 32.1. The topological polar surface area (TPSA) is 66.9 Å². The van der Waals surface area contributed by atoms with Gasteiger partial charge < -0.3 is 10.6 Å². The van der Waals surface area contributed by atoms with E-state index in [1.54, 1.807) is 22.7 Å². The van der Waals surface area contributed by atoms with E-state index >= 15 is 0 Å². The van der Waals surface area contributed by atoms with Gasteiger partial charge in [-0.1, -0.05) is 26.7 Å². The van der Waals surface area contributed by atoms with Gasteiger partial charge >= 0.3 is 0 Å². The molecule has 2 heterocycles. The first-order chi connectivity index (χ1) is 13.1. The van der Waals surface area contributed by atoms with E-state index in [1.807, 2.05) is 11.6 Å². The fourth-order valence-corrected chi connectivity index (χ4v) is 4.77. The molecule has 0 saturated carbocycles. The summed E-state index contributed by atoms with van der Waals surface area (Å²) in [6.07, 6.45) is 7.39. The lowest BCUT2D eigenvalue weighted by Gasteiger charge is -2.07. The maximum Gasteiger partial charge on any atom is 0.229 e. The third-order valence-electron chi connectivity index (χ3n) is 4.03. The Balaban J connectivity index is 1.69. The minimum atomic E-state index is 0.0117. The predicted molar refractivity (Wildman–Crippen MR) is 119 cm³/mol. The van der Waals surface area contributed by atoms with E-state index < -0.39 is 0 Å². The largest absolute Gasteiger partial charge is 0.355 e. The molecule has 0 unspecified atom stereocenters. The molecule has 2 aromatic rings. The van der Waals surface area contributed by atoms with E-state index in [4.69, 9.17) is 4.98 Å². The fourth-order valence-electron chi connectivity index (χ4n) is 2.69. The van der Waals surface area contributed by atoms with Crippen molar-refractivity contribution >= 4 is 41.2 Å². The molecule has 0 bridgehead atoms. The Labute approximate surface area is 175 Å². The van der Waals surface area contributed by atoms with Crippen LogP contribution in [0.4, 0.5) is 0 Å². The van der Waals surface area contributed by atoms with Gasteiger partial charge in [0, 0.05) is 29.5 Å². The van der Waals surface area contributed by atoms with Crippen LogP contribution in [0.3, 0.4) is 0 Å². The Hall–Kier alpha value is -0.960. The number of thiazole rings is 2. The standard InChI is InChI=1S/C19H30N4OS3/c1-14(2)11-16-15(23-19(27-16)18-22-9-10-26-18)12-20-7-5-3-4-6-8-21-17(24)13-25/h9-10,14,20,25H,3-8,11-13H2,1-2H3,(H,21,24). The second-order valence-electron chi connectivity index (χ2n) is 6.92. The lowest BCUT2D eigenvalue weighted by Crippen LogP contribution is -2.25. The summed E-state index contributed by atoms with van der Waals surface area (Å²) in [6.45, 7) is 7.07. The van der Waals surface area contributed by atoms with Gasteiger partial charge in [0.15, 0.2) is 10.0 Å². The van der Waals surface area contributed by atoms with Crippen molar-refractivity contribution in [2.45, 2.75) is 52.5 Å². The molecule has 0 atom stereocenters. The summed E-state index contributed by atoms with van der Waals surface area (Å²) >= 11 is 7.38. The SMILES string of the molecule is CC(C)Cc1sc(-c2nccs2)nc1CNCCCCCCNC(=O)CS. The smallest absolute Gasteiger partial charge is 0.229 e. The van der Waals surface area contributed by atoms with E-state index in [0.717, 1.165) is 55.3 Å². The Morgan fingerprint density at radius 2 is 1.96 bits per heavy atom. The monoisotopic (exact) mass is 426 g/mol. The van der Waals surface area contributed by atoms with E-state index in [0.29, 0.717) is 5.92 Å². The summed E-state index contributed by atoms with van der Waals surface area (Å²) in [5.41, 5.74) is 1.17. The lowest BCUT2D eigenvalue weighted by molar-refractivity contribution is -0.118. The predicted octanol–water partition coefficient (Wildman–Crippen LogP) is 4.16. The maximum atomic E-state index is 11.1. The molecule has 2 N–H and O–H groups in total. The van der Waals surface area contributed by atoms with Crippen LogP contribution in [0.15, 0.2) is 11.6 Å². The number of carbonyl (C=O) groups excluding carboxylic acids is 1. The van der Waals surface area contributed by atoms with Gasteiger partial charge in [0.05, 0.1) is 11.4 Å². The van der Waals surface area contributed by atoms with Crippen molar-refractivity contribution in [2.75, 3.05) is 18.8 Å². The highest BCUT2D eigenvalue weighted by Gasteiger charge is 2.14. The van der Waals surface area contributed by atoms with Crippen molar-refractivity contribution in [3.8, 4) is 10.0 Å². The molecule has 0 fully saturated rings. The van der Waals surface area contributed by atoms with Crippen LogP contribution in [0.5, 0.6) is 0 Å². The Morgan fingerprint density at radius 1 is 1.19 bits per heavy atom. The zero-order valence-electron chi connectivity index (χ0n) is 16.2. The Bertz CT molecular complexity index is 671. The second kappa shape index (κ2) is 12.5. The third-order valence-corrected chi connectivity index (χ3v) is 6.35. The Kier molecular flexibility index (Phi) is 10.3. The van der Waals surface area contributed by atoms with Crippen LogP contribution in [0, 0.1) is 5.92 Å². The number of thiol groups is 1. The number of nitrogens with one attached hydrogen (secondary N) is 2. The average molecular weight is 427 g/mol. The van der Waals surface area contributed by atoms with Gasteiger partial charge in [-0.05, 0) is 31.7 Å². The third kappa shape index (κ3) is 8.29. The van der Waals surface area contributed by atoms with Gasteiger partial charge in [-0.2, -0.15) is 12.6 Å². The summed E-state index contributed by atoms with van der Waals surface area (Å²) in [5.74, 6) is 0.901. The second-order valence-corrected chi connectivity index (χ2v) is 9.22. The molecule has 0 aliphatic rings. The summed E-state index contributed by atoms with van der Waals surface area (Å²) < 4.78 is 0. The van der Waals surface area contributed by atoms with Crippen molar-refractivity contribution in [2.24, 2.45) is 5.92 Å². The van der Waals surface area contributed by atoms with Crippen LogP contribution in [0.25, 0.3) is 10.0 Å². The molecule has 0 spiro atoms. The van der Waals surface area contributed by atoms with Crippen molar-refractivity contribution in [1.82, 2.24) is 20.6 Å². The van der Waals surface area contributed by atoms with Crippen molar-refractivity contribution in [3.63, 3.8) is 0 Å². The number of nitrogens with zero attached hydrogens (tertiary/aromatic N) is 2. The maximum absolute atomic E-state index is 11.1.